The summed E-state index contributed by atoms with van der Waals surface area (Å²) in [6, 6.07) is 0.233. The van der Waals surface area contributed by atoms with Gasteiger partial charge in [0, 0.05) is 11.9 Å². The van der Waals surface area contributed by atoms with Gasteiger partial charge in [-0.3, -0.25) is 0 Å². The maximum atomic E-state index is 8.88. The van der Waals surface area contributed by atoms with Crippen molar-refractivity contribution in [3.8, 4) is 6.19 Å². The standard InChI is InChI=1S/C11H17N7OS.H3O4P/c1-19-10(16-7-12)15-5-3-2-4-8-6-20-11(17-8)18-9(13)14;1-5(2,3)4/h6H,2-5H2,1H3,(H,15,16)(H4,13,14,17,18);(H3,1,2,3,4). The van der Waals surface area contributed by atoms with Gasteiger partial charge >= 0.3 is 7.82 Å². The second-order valence-corrected chi connectivity index (χ2v) is 6.12. The van der Waals surface area contributed by atoms with Crippen LogP contribution >= 0.6 is 19.2 Å². The lowest BCUT2D eigenvalue weighted by Gasteiger charge is -2.01. The molecule has 0 atom stereocenters. The van der Waals surface area contributed by atoms with Crippen molar-refractivity contribution < 1.29 is 24.0 Å². The summed E-state index contributed by atoms with van der Waals surface area (Å²) in [5, 5.41) is 13.3. The number of aryl methyl sites for hydroxylation is 1. The van der Waals surface area contributed by atoms with Gasteiger partial charge in [-0.15, -0.1) is 11.3 Å². The number of nitriles is 1. The molecule has 12 nitrogen and oxygen atoms in total. The van der Waals surface area contributed by atoms with Crippen LogP contribution in [0.3, 0.4) is 0 Å². The third-order valence-electron chi connectivity index (χ3n) is 2.22. The highest BCUT2D eigenvalue weighted by atomic mass is 32.1. The van der Waals surface area contributed by atoms with Crippen molar-refractivity contribution in [2.45, 2.75) is 19.3 Å². The molecule has 0 aliphatic heterocycles. The van der Waals surface area contributed by atoms with Crippen LogP contribution in [-0.4, -0.2) is 45.3 Å². The van der Waals surface area contributed by atoms with Crippen molar-refractivity contribution in [1.29, 1.82) is 5.26 Å². The van der Waals surface area contributed by atoms with Gasteiger partial charge in [0.15, 0.2) is 12.2 Å². The summed E-state index contributed by atoms with van der Waals surface area (Å²) >= 11 is 1.40. The number of nitrogens with two attached hydrogens (primary N) is 2. The van der Waals surface area contributed by atoms with Crippen LogP contribution in [0, 0.1) is 11.5 Å². The fraction of sp³-hybridized carbons (Fsp3) is 0.455. The molecular weight excluding hydrogens is 373 g/mol. The first-order valence-corrected chi connectivity index (χ1v) is 9.16. The summed E-state index contributed by atoms with van der Waals surface area (Å²) in [6.45, 7) is 0.586. The van der Waals surface area contributed by atoms with Crippen LogP contribution in [0.25, 0.3) is 0 Å². The van der Waals surface area contributed by atoms with Crippen LogP contribution < -0.4 is 16.8 Å². The minimum Gasteiger partial charge on any atom is -0.468 e. The van der Waals surface area contributed by atoms with Crippen LogP contribution in [0.4, 0.5) is 5.13 Å². The van der Waals surface area contributed by atoms with Crippen molar-refractivity contribution >= 4 is 36.3 Å². The van der Waals surface area contributed by atoms with Gasteiger partial charge < -0.3 is 30.9 Å². The van der Waals surface area contributed by atoms with E-state index in [-0.39, 0.29) is 12.0 Å². The van der Waals surface area contributed by atoms with Crippen molar-refractivity contribution in [1.82, 2.24) is 10.3 Å². The smallest absolute Gasteiger partial charge is 0.466 e. The van der Waals surface area contributed by atoms with Crippen molar-refractivity contribution in [3.05, 3.63) is 11.1 Å². The SMILES string of the molecule is COC(=NCCCCc1csc(N=C(N)N)n1)NC#N.O=P(O)(O)O. The molecule has 8 N–H and O–H groups in total. The highest BCUT2D eigenvalue weighted by Crippen LogP contribution is 2.25. The minimum absolute atomic E-state index is 0.0114. The summed E-state index contributed by atoms with van der Waals surface area (Å²) in [6.07, 6.45) is 4.39. The Bertz CT molecular complexity index is 654. The summed E-state index contributed by atoms with van der Waals surface area (Å²) in [5.41, 5.74) is 11.5. The molecule has 0 aliphatic carbocycles. The number of thiazole rings is 1. The number of methoxy groups -OCH3 is 1. The Balaban J connectivity index is 0.00000101. The van der Waals surface area contributed by atoms with Crippen LogP contribution in [0.15, 0.2) is 15.4 Å². The summed E-state index contributed by atoms with van der Waals surface area (Å²) in [4.78, 5) is 33.8. The topological polar surface area (TPSA) is 212 Å². The van der Waals surface area contributed by atoms with Crippen LogP contribution in [-0.2, 0) is 15.7 Å². The lowest BCUT2D eigenvalue weighted by atomic mass is 10.2. The number of hydrogen-bond acceptors (Lipinski definition) is 7. The van der Waals surface area contributed by atoms with Crippen LogP contribution in [0.1, 0.15) is 18.5 Å². The molecule has 1 aromatic rings. The monoisotopic (exact) mass is 393 g/mol. The fourth-order valence-corrected chi connectivity index (χ4v) is 2.11. The summed E-state index contributed by atoms with van der Waals surface area (Å²) in [7, 11) is -3.18. The van der Waals surface area contributed by atoms with Crippen LogP contribution in [0.2, 0.25) is 0 Å². The average molecular weight is 393 g/mol. The van der Waals surface area contributed by atoms with E-state index in [4.69, 9.17) is 40.7 Å². The molecule has 140 valence electrons. The largest absolute Gasteiger partial charge is 0.468 e. The third kappa shape index (κ3) is 15.1. The van der Waals surface area contributed by atoms with E-state index in [0.717, 1.165) is 25.0 Å². The molecule has 0 aliphatic rings. The Morgan fingerprint density at radius 1 is 1.48 bits per heavy atom. The van der Waals surface area contributed by atoms with Crippen molar-refractivity contribution in [2.75, 3.05) is 13.7 Å². The molecule has 0 aromatic carbocycles. The molecule has 0 saturated heterocycles. The predicted molar refractivity (Wildman–Crippen MR) is 92.8 cm³/mol. The molecule has 0 radical (unpaired) electrons. The van der Waals surface area contributed by atoms with Gasteiger partial charge in [0.1, 0.15) is 0 Å². The van der Waals surface area contributed by atoms with Crippen molar-refractivity contribution in [2.24, 2.45) is 21.5 Å². The Kier molecular flexibility index (Phi) is 11.1. The normalized spacial score (nSPS) is 10.9. The first-order chi connectivity index (χ1) is 11.7. The van der Waals surface area contributed by atoms with Gasteiger partial charge in [0.2, 0.25) is 5.13 Å². The van der Waals surface area contributed by atoms with E-state index < -0.39 is 7.82 Å². The number of guanidine groups is 1. The Labute approximate surface area is 148 Å². The second kappa shape index (κ2) is 12.2. The molecule has 1 rings (SSSR count). The highest BCUT2D eigenvalue weighted by molar-refractivity contribution is 7.45. The maximum absolute atomic E-state index is 8.88. The van der Waals surface area contributed by atoms with E-state index in [1.807, 2.05) is 5.38 Å². The second-order valence-electron chi connectivity index (χ2n) is 4.26. The fourth-order valence-electron chi connectivity index (χ4n) is 1.37. The summed E-state index contributed by atoms with van der Waals surface area (Å²) in [5.74, 6) is 0.0114. The molecule has 0 fully saturated rings. The Hall–Kier alpha value is -2.23. The van der Waals surface area contributed by atoms with E-state index in [0.29, 0.717) is 11.7 Å². The van der Waals surface area contributed by atoms with Gasteiger partial charge in [-0.1, -0.05) is 0 Å². The van der Waals surface area contributed by atoms with E-state index in [2.05, 4.69) is 20.3 Å². The molecule has 0 bridgehead atoms. The quantitative estimate of drug-likeness (QED) is 0.0911. The number of phosphoric acid groups is 1. The molecule has 1 heterocycles. The summed E-state index contributed by atoms with van der Waals surface area (Å²) < 4.78 is 13.7. The minimum atomic E-state index is -4.64. The zero-order valence-corrected chi connectivity index (χ0v) is 15.1. The number of amidine groups is 1. The zero-order valence-electron chi connectivity index (χ0n) is 13.4. The number of hydrogen-bond donors (Lipinski definition) is 6. The number of aromatic nitrogens is 1. The molecule has 14 heteroatoms. The first-order valence-electron chi connectivity index (χ1n) is 6.71. The lowest BCUT2D eigenvalue weighted by Crippen LogP contribution is -2.21. The molecule has 0 unspecified atom stereocenters. The molecule has 0 saturated carbocycles. The number of unbranched alkanes of at least 4 members (excludes halogenated alkanes) is 1. The number of aliphatic imine (C=N–C) groups is 2. The van der Waals surface area contributed by atoms with E-state index in [1.54, 1.807) is 6.19 Å². The number of ether oxygens (including phenoxy) is 1. The van der Waals surface area contributed by atoms with Gasteiger partial charge in [0.25, 0.3) is 6.02 Å². The average Bonchev–Trinajstić information content (AvgIpc) is 2.90. The first kappa shape index (κ1) is 22.8. The van der Waals surface area contributed by atoms with E-state index in [1.165, 1.54) is 18.4 Å². The molecule has 0 amide bonds. The highest BCUT2D eigenvalue weighted by Gasteiger charge is 2.01. The van der Waals surface area contributed by atoms with Gasteiger partial charge in [0.05, 0.1) is 12.8 Å². The number of nitrogens with zero attached hydrogens (tertiary/aromatic N) is 4. The van der Waals surface area contributed by atoms with E-state index >= 15 is 0 Å². The predicted octanol–water partition coefficient (Wildman–Crippen LogP) is -0.485. The van der Waals surface area contributed by atoms with Crippen LogP contribution in [0.5, 0.6) is 0 Å². The Morgan fingerprint density at radius 3 is 2.64 bits per heavy atom. The Morgan fingerprint density at radius 2 is 2.12 bits per heavy atom. The lowest BCUT2D eigenvalue weighted by molar-refractivity contribution is 0.275. The maximum Gasteiger partial charge on any atom is 0.466 e. The number of nitrogens with one attached hydrogen (secondary N) is 1. The molecule has 25 heavy (non-hydrogen) atoms. The number of rotatable bonds is 6. The zero-order chi connectivity index (χ0) is 19.3. The van der Waals surface area contributed by atoms with E-state index in [9.17, 15) is 0 Å². The van der Waals surface area contributed by atoms with Crippen molar-refractivity contribution in [3.63, 3.8) is 0 Å². The molecular formula is C11H20N7O5PS. The van der Waals surface area contributed by atoms with Gasteiger partial charge in [-0.25, -0.2) is 19.9 Å². The molecule has 0 spiro atoms. The van der Waals surface area contributed by atoms with Gasteiger partial charge in [-0.2, -0.15) is 10.3 Å². The molecule has 1 aromatic heterocycles. The van der Waals surface area contributed by atoms with Gasteiger partial charge in [-0.05, 0) is 19.3 Å². The third-order valence-corrected chi connectivity index (χ3v) is 3.00.